The maximum Gasteiger partial charge on any atom is 0.245 e. The third-order valence-corrected chi connectivity index (χ3v) is 5.45. The Balaban J connectivity index is 1.94. The van der Waals surface area contributed by atoms with Gasteiger partial charge in [0.05, 0.1) is 26.3 Å². The molecule has 1 saturated heterocycles. The van der Waals surface area contributed by atoms with Crippen molar-refractivity contribution in [3.8, 4) is 0 Å². The highest BCUT2D eigenvalue weighted by molar-refractivity contribution is 5.94. The first-order valence-electron chi connectivity index (χ1n) is 11.0. The molecule has 8 nitrogen and oxygen atoms in total. The summed E-state index contributed by atoms with van der Waals surface area (Å²) >= 11 is 0. The second-order valence-corrected chi connectivity index (χ2v) is 7.84. The van der Waals surface area contributed by atoms with Crippen molar-refractivity contribution >= 4 is 17.6 Å². The lowest BCUT2D eigenvalue weighted by Crippen LogP contribution is -3.14. The van der Waals surface area contributed by atoms with Gasteiger partial charge in [-0.1, -0.05) is 31.8 Å². The van der Waals surface area contributed by atoms with Gasteiger partial charge in [0.15, 0.2) is 5.82 Å². The van der Waals surface area contributed by atoms with Gasteiger partial charge in [0.2, 0.25) is 11.8 Å². The molecule has 2 heterocycles. The zero-order chi connectivity index (χ0) is 21.1. The quantitative estimate of drug-likeness (QED) is 0.543. The average molecular weight is 410 g/mol. The summed E-state index contributed by atoms with van der Waals surface area (Å²) in [4.78, 5) is 28.9. The molecule has 1 aliphatic rings. The summed E-state index contributed by atoms with van der Waals surface area (Å²) in [6.07, 6.45) is 4.65. The summed E-state index contributed by atoms with van der Waals surface area (Å²) in [6, 6.07) is 1.67. The van der Waals surface area contributed by atoms with Gasteiger partial charge in [0.1, 0.15) is 18.8 Å². The topological polar surface area (TPSA) is 89.1 Å². The van der Waals surface area contributed by atoms with E-state index in [0.717, 1.165) is 65.0 Å². The Hall–Kier alpha value is -1.93. The molecule has 1 fully saturated rings. The van der Waals surface area contributed by atoms with Crippen LogP contribution in [0, 0.1) is 12.8 Å². The van der Waals surface area contributed by atoms with E-state index in [1.54, 1.807) is 17.9 Å². The number of unbranched alkanes of at least 4 members (excludes halogenated alkanes) is 1. The highest BCUT2D eigenvalue weighted by Crippen LogP contribution is 2.16. The van der Waals surface area contributed by atoms with Crippen molar-refractivity contribution in [1.29, 1.82) is 0 Å². The Kier molecular flexibility index (Phi) is 10.1. The van der Waals surface area contributed by atoms with Gasteiger partial charge in [-0.3, -0.25) is 9.59 Å². The summed E-state index contributed by atoms with van der Waals surface area (Å²) in [6.45, 7) is 11.2. The second kappa shape index (κ2) is 12.6. The van der Waals surface area contributed by atoms with Gasteiger partial charge in [0, 0.05) is 24.9 Å². The van der Waals surface area contributed by atoms with E-state index in [0.29, 0.717) is 18.1 Å². The van der Waals surface area contributed by atoms with Crippen molar-refractivity contribution in [1.82, 2.24) is 10.1 Å². The van der Waals surface area contributed by atoms with Gasteiger partial charge in [-0.15, -0.1) is 0 Å². The minimum atomic E-state index is -0.240. The molecule has 2 rings (SSSR count). The maximum absolute atomic E-state index is 13.1. The fourth-order valence-corrected chi connectivity index (χ4v) is 3.69. The summed E-state index contributed by atoms with van der Waals surface area (Å²) < 4.78 is 10.4. The third kappa shape index (κ3) is 8.14. The SMILES string of the molecule is CCCC[C@@H](CC)C(=O)N(CCC[NH+]1CCOCC1)CC(=O)Nc1cc(C)on1. The van der Waals surface area contributed by atoms with Crippen LogP contribution in [0.25, 0.3) is 0 Å². The molecule has 8 heteroatoms. The van der Waals surface area contributed by atoms with Crippen molar-refractivity contribution in [2.75, 3.05) is 51.3 Å². The smallest absolute Gasteiger partial charge is 0.245 e. The van der Waals surface area contributed by atoms with Crippen LogP contribution < -0.4 is 10.2 Å². The predicted molar refractivity (Wildman–Crippen MR) is 111 cm³/mol. The van der Waals surface area contributed by atoms with Crippen molar-refractivity contribution in [2.24, 2.45) is 5.92 Å². The Bertz CT molecular complexity index is 628. The molecule has 0 unspecified atom stereocenters. The van der Waals surface area contributed by atoms with Crippen molar-refractivity contribution < 1.29 is 23.7 Å². The van der Waals surface area contributed by atoms with E-state index in [-0.39, 0.29) is 24.3 Å². The van der Waals surface area contributed by atoms with Crippen LogP contribution in [-0.4, -0.2) is 67.8 Å². The van der Waals surface area contributed by atoms with Crippen molar-refractivity contribution in [3.05, 3.63) is 11.8 Å². The molecule has 0 aliphatic carbocycles. The Morgan fingerprint density at radius 1 is 1.28 bits per heavy atom. The highest BCUT2D eigenvalue weighted by atomic mass is 16.5. The fraction of sp³-hybridized carbons (Fsp3) is 0.762. The van der Waals surface area contributed by atoms with Crippen LogP contribution in [0.5, 0.6) is 0 Å². The van der Waals surface area contributed by atoms with Gasteiger partial charge in [0.25, 0.3) is 0 Å². The molecular weight excluding hydrogens is 372 g/mol. The van der Waals surface area contributed by atoms with Crippen molar-refractivity contribution in [2.45, 2.75) is 52.9 Å². The van der Waals surface area contributed by atoms with Gasteiger partial charge < -0.3 is 24.4 Å². The molecule has 0 radical (unpaired) electrons. The first kappa shape index (κ1) is 23.3. The van der Waals surface area contributed by atoms with E-state index in [9.17, 15) is 9.59 Å². The Morgan fingerprint density at radius 2 is 2.03 bits per heavy atom. The molecule has 0 saturated carbocycles. The van der Waals surface area contributed by atoms with Crippen LogP contribution in [0.3, 0.4) is 0 Å². The Labute approximate surface area is 173 Å². The number of nitrogens with one attached hydrogen (secondary N) is 2. The molecule has 164 valence electrons. The van der Waals surface area contributed by atoms with Crippen LogP contribution in [0.15, 0.2) is 10.6 Å². The maximum atomic E-state index is 13.1. The zero-order valence-corrected chi connectivity index (χ0v) is 18.2. The lowest BCUT2D eigenvalue weighted by molar-refractivity contribution is -0.908. The summed E-state index contributed by atoms with van der Waals surface area (Å²) in [5, 5.41) is 6.53. The van der Waals surface area contributed by atoms with Gasteiger partial charge in [-0.05, 0) is 19.8 Å². The summed E-state index contributed by atoms with van der Waals surface area (Å²) in [5.74, 6) is 0.843. The standard InChI is InChI=1S/C21H36N4O4/c1-4-6-8-18(5-2)21(27)25(10-7-9-24-11-13-28-14-12-24)16-20(26)22-19-15-17(3)29-23-19/h15,18H,4-14,16H2,1-3H3,(H,22,23,26)/p+1/t18-/m1/s1. The average Bonchev–Trinajstić information content (AvgIpc) is 3.12. The first-order valence-corrected chi connectivity index (χ1v) is 11.0. The number of amides is 2. The van der Waals surface area contributed by atoms with E-state index in [1.165, 1.54) is 4.90 Å². The molecular formula is C21H37N4O4+. The molecule has 0 bridgehead atoms. The summed E-state index contributed by atoms with van der Waals surface area (Å²) in [5.41, 5.74) is 0. The predicted octanol–water partition coefficient (Wildman–Crippen LogP) is 1.27. The number of morpholine rings is 1. The summed E-state index contributed by atoms with van der Waals surface area (Å²) in [7, 11) is 0. The molecule has 2 N–H and O–H groups in total. The lowest BCUT2D eigenvalue weighted by atomic mass is 9.97. The van der Waals surface area contributed by atoms with Gasteiger partial charge >= 0.3 is 0 Å². The molecule has 2 amide bonds. The molecule has 1 aromatic heterocycles. The van der Waals surface area contributed by atoms with E-state index in [2.05, 4.69) is 17.4 Å². The molecule has 29 heavy (non-hydrogen) atoms. The number of anilines is 1. The third-order valence-electron chi connectivity index (χ3n) is 5.45. The molecule has 0 spiro atoms. The van der Waals surface area contributed by atoms with Gasteiger partial charge in [-0.25, -0.2) is 0 Å². The van der Waals surface area contributed by atoms with Crippen LogP contribution in [0.1, 0.15) is 51.7 Å². The van der Waals surface area contributed by atoms with Crippen LogP contribution >= 0.6 is 0 Å². The van der Waals surface area contributed by atoms with Crippen LogP contribution in [0.4, 0.5) is 5.82 Å². The number of ether oxygens (including phenoxy) is 1. The number of aromatic nitrogens is 1. The highest BCUT2D eigenvalue weighted by Gasteiger charge is 2.25. The number of nitrogens with zero attached hydrogens (tertiary/aromatic N) is 2. The fourth-order valence-electron chi connectivity index (χ4n) is 3.69. The van der Waals surface area contributed by atoms with E-state index < -0.39 is 0 Å². The number of aryl methyl sites for hydroxylation is 1. The molecule has 1 aliphatic heterocycles. The monoisotopic (exact) mass is 409 g/mol. The molecule has 1 aromatic rings. The van der Waals surface area contributed by atoms with E-state index in [1.807, 2.05) is 6.92 Å². The van der Waals surface area contributed by atoms with Crippen molar-refractivity contribution in [3.63, 3.8) is 0 Å². The van der Waals surface area contributed by atoms with E-state index >= 15 is 0 Å². The minimum Gasteiger partial charge on any atom is -0.370 e. The zero-order valence-electron chi connectivity index (χ0n) is 18.2. The number of rotatable bonds is 12. The number of hydrogen-bond donors (Lipinski definition) is 2. The minimum absolute atomic E-state index is 0.0206. The molecule has 0 aromatic carbocycles. The van der Waals surface area contributed by atoms with Gasteiger partial charge in [-0.2, -0.15) is 0 Å². The van der Waals surface area contributed by atoms with E-state index in [4.69, 9.17) is 9.26 Å². The second-order valence-electron chi connectivity index (χ2n) is 7.84. The number of carbonyl (C=O) groups excluding carboxylic acids is 2. The number of quaternary nitrogens is 1. The van der Waals surface area contributed by atoms with Crippen LogP contribution in [0.2, 0.25) is 0 Å². The molecule has 1 atom stereocenters. The lowest BCUT2D eigenvalue weighted by Gasteiger charge is -2.28. The number of hydrogen-bond acceptors (Lipinski definition) is 5. The largest absolute Gasteiger partial charge is 0.370 e. The first-order chi connectivity index (χ1) is 14.0. The normalized spacial score (nSPS) is 15.8. The number of carbonyl (C=O) groups is 2. The van der Waals surface area contributed by atoms with Crippen LogP contribution in [-0.2, 0) is 14.3 Å². The Morgan fingerprint density at radius 3 is 2.66 bits per heavy atom.